The van der Waals surface area contributed by atoms with Crippen LogP contribution in [0.25, 0.3) is 10.9 Å². The average Bonchev–Trinajstić information content (AvgIpc) is 3.56. The van der Waals surface area contributed by atoms with E-state index in [2.05, 4.69) is 41.9 Å². The van der Waals surface area contributed by atoms with Crippen LogP contribution in [0.2, 0.25) is 0 Å². The normalized spacial score (nSPS) is 14.8. The second-order valence-corrected chi connectivity index (χ2v) is 17.4. The number of nitrogens with zero attached hydrogens (tertiary/aromatic N) is 3. The highest BCUT2D eigenvalue weighted by molar-refractivity contribution is 7.99. The number of carbonyl (C=O) groups is 1. The molecule has 3 heterocycles. The van der Waals surface area contributed by atoms with Crippen LogP contribution in [0.5, 0.6) is 5.75 Å². The number of nitrogens with one attached hydrogen (secondary N) is 3. The lowest BCUT2D eigenvalue weighted by atomic mass is 10.2. The number of piperazine rings is 1. The smallest absolute Gasteiger partial charge is 0.279 e. The Morgan fingerprint density at radius 1 is 1.02 bits per heavy atom. The van der Waals surface area contributed by atoms with Crippen LogP contribution in [-0.2, 0) is 35.0 Å². The number of hydrogen-bond donors (Lipinski definition) is 3. The molecule has 0 aliphatic carbocycles. The van der Waals surface area contributed by atoms with Crippen molar-refractivity contribution in [2.45, 2.75) is 29.9 Å². The maximum atomic E-state index is 13.6. The second-order valence-electron chi connectivity index (χ2n) is 11.7. The van der Waals surface area contributed by atoms with Crippen molar-refractivity contribution in [1.82, 2.24) is 24.5 Å². The summed E-state index contributed by atoms with van der Waals surface area (Å²) in [6.07, 6.45) is 3.26. The van der Waals surface area contributed by atoms with Crippen molar-refractivity contribution in [3.8, 4) is 5.75 Å². The fourth-order valence-electron chi connectivity index (χ4n) is 5.39. The number of carbonyl (C=O) groups excluding carboxylic acids is 1. The van der Waals surface area contributed by atoms with E-state index in [9.17, 15) is 21.6 Å². The van der Waals surface area contributed by atoms with E-state index in [0.29, 0.717) is 74.7 Å². The lowest BCUT2D eigenvalue weighted by Gasteiger charge is -2.35. The van der Waals surface area contributed by atoms with Crippen molar-refractivity contribution >= 4 is 66.3 Å². The minimum Gasteiger partial charge on any atom is -0.493 e. The number of rotatable bonds is 19. The summed E-state index contributed by atoms with van der Waals surface area (Å²) in [7, 11) is -5.88. The molecule has 1 amide bonds. The summed E-state index contributed by atoms with van der Waals surface area (Å²) in [5.41, 5.74) is 2.03. The lowest BCUT2D eigenvalue weighted by molar-refractivity contribution is -0.160. The predicted octanol–water partition coefficient (Wildman–Crippen LogP) is 4.60. The fourth-order valence-corrected chi connectivity index (χ4v) is 8.77. The molecule has 1 aliphatic heterocycles. The highest BCUT2D eigenvalue weighted by Crippen LogP contribution is 2.32. The zero-order valence-electron chi connectivity index (χ0n) is 28.3. The van der Waals surface area contributed by atoms with Gasteiger partial charge in [-0.1, -0.05) is 43.8 Å². The van der Waals surface area contributed by atoms with Crippen molar-refractivity contribution < 1.29 is 35.6 Å². The Morgan fingerprint density at radius 2 is 1.77 bits per heavy atom. The first-order chi connectivity index (χ1) is 24.5. The van der Waals surface area contributed by atoms with Crippen molar-refractivity contribution in [3.63, 3.8) is 0 Å². The van der Waals surface area contributed by atoms with Crippen LogP contribution >= 0.6 is 23.8 Å². The summed E-state index contributed by atoms with van der Waals surface area (Å²) in [5.74, 6) is 1.43. The van der Waals surface area contributed by atoms with Gasteiger partial charge in [0.1, 0.15) is 11.4 Å². The lowest BCUT2D eigenvalue weighted by Crippen LogP contribution is -2.50. The molecular weight excluding hydrogens is 749 g/mol. The predicted molar refractivity (Wildman–Crippen MR) is 207 cm³/mol. The van der Waals surface area contributed by atoms with Crippen molar-refractivity contribution in [2.24, 2.45) is 0 Å². The van der Waals surface area contributed by atoms with Gasteiger partial charge >= 0.3 is 0 Å². The van der Waals surface area contributed by atoms with Crippen molar-refractivity contribution in [2.75, 3.05) is 69.7 Å². The highest BCUT2D eigenvalue weighted by Gasteiger charge is 2.26. The van der Waals surface area contributed by atoms with Crippen LogP contribution in [0, 0.1) is 0 Å². The molecule has 1 saturated heterocycles. The molecular formula is C34H46N6O8S4. The van der Waals surface area contributed by atoms with E-state index >= 15 is 0 Å². The average molecular weight is 795 g/mol. The molecule has 0 saturated carbocycles. The van der Waals surface area contributed by atoms with E-state index in [1.54, 1.807) is 42.1 Å². The Bertz CT molecular complexity index is 1940. The van der Waals surface area contributed by atoms with Crippen molar-refractivity contribution in [1.29, 1.82) is 0 Å². The monoisotopic (exact) mass is 794 g/mol. The standard InChI is InChI=1S/C33H42N6O8S4.CH4/c1-45-47-49-18-8-17-46-27-19-26-20-30(36-32(26)29(21-27)37-51(43,44)31-11-6-7-12-34-31)33(40)35-22-28(48-24-25-9-4-3-5-10-25)23-38-13-15-39(16-14-38)50(2,41)42;/h3-7,9-12,19-21,28,36-37H,8,13-18,22-24H2,1-2H3,(H,35,40);1H4. The molecule has 0 bridgehead atoms. The van der Waals surface area contributed by atoms with Gasteiger partial charge < -0.3 is 15.0 Å². The molecule has 0 spiro atoms. The van der Waals surface area contributed by atoms with Gasteiger partial charge in [-0.3, -0.25) is 14.4 Å². The Hall–Kier alpha value is -3.36. The molecule has 52 heavy (non-hydrogen) atoms. The molecule has 0 radical (unpaired) electrons. The first kappa shape index (κ1) is 41.4. The van der Waals surface area contributed by atoms with Gasteiger partial charge in [-0.15, -0.1) is 0 Å². The molecule has 5 rings (SSSR count). The minimum absolute atomic E-state index is 0. The third kappa shape index (κ3) is 12.1. The number of H-pyrrole nitrogens is 1. The van der Waals surface area contributed by atoms with E-state index < -0.39 is 20.0 Å². The van der Waals surface area contributed by atoms with E-state index in [0.717, 1.165) is 23.4 Å². The van der Waals surface area contributed by atoms with Crippen LogP contribution in [0.1, 0.15) is 29.9 Å². The molecule has 1 aliphatic rings. The number of aromatic amines is 1. The summed E-state index contributed by atoms with van der Waals surface area (Å²) in [5, 5.41) is 3.49. The van der Waals surface area contributed by atoms with E-state index in [1.807, 2.05) is 18.2 Å². The fraction of sp³-hybridized carbons (Fsp3) is 0.412. The third-order valence-corrected chi connectivity index (χ3v) is 12.5. The van der Waals surface area contributed by atoms with E-state index in [1.165, 1.54) is 29.9 Å². The number of pyridine rings is 1. The Balaban J connectivity index is 0.00000605. The van der Waals surface area contributed by atoms with Crippen LogP contribution < -0.4 is 14.8 Å². The highest BCUT2D eigenvalue weighted by atomic mass is 32.2. The molecule has 3 N–H and O–H groups in total. The van der Waals surface area contributed by atoms with Gasteiger partial charge in [0.05, 0.1) is 31.2 Å². The van der Waals surface area contributed by atoms with Gasteiger partial charge in [-0.05, 0) is 36.2 Å². The summed E-state index contributed by atoms with van der Waals surface area (Å²) in [4.78, 5) is 27.5. The topological polar surface area (TPSA) is 172 Å². The molecule has 1 fully saturated rings. The molecule has 2 aromatic carbocycles. The van der Waals surface area contributed by atoms with Gasteiger partial charge in [-0.2, -0.15) is 28.8 Å². The number of fused-ring (bicyclic) bond motifs is 1. The Labute approximate surface area is 314 Å². The van der Waals surface area contributed by atoms with Crippen LogP contribution in [0.3, 0.4) is 0 Å². The first-order valence-corrected chi connectivity index (χ1v) is 21.5. The summed E-state index contributed by atoms with van der Waals surface area (Å²) < 4.78 is 65.4. The summed E-state index contributed by atoms with van der Waals surface area (Å²) in [6.45, 7) is 3.42. The summed E-state index contributed by atoms with van der Waals surface area (Å²) >= 11 is 2.87. The number of amides is 1. The molecule has 1 unspecified atom stereocenters. The van der Waals surface area contributed by atoms with Gasteiger partial charge in [0, 0.05) is 85.7 Å². The number of aromatic nitrogens is 2. The zero-order valence-corrected chi connectivity index (χ0v) is 31.6. The SMILES string of the molecule is C.COOSCCCOc1cc(NS(=O)(=O)c2ccccn2)c2[nH]c(C(=O)NCC(CN3CCN(S(C)(=O)=O)CC3)SCc3ccccc3)cc2c1. The molecule has 284 valence electrons. The van der Waals surface area contributed by atoms with Crippen molar-refractivity contribution in [3.05, 3.63) is 84.2 Å². The quantitative estimate of drug-likeness (QED) is 0.0522. The number of anilines is 1. The number of sulfonamides is 2. The molecule has 14 nitrogen and oxygen atoms in total. The number of ether oxygens (including phenoxy) is 1. The second kappa shape index (κ2) is 19.6. The van der Waals surface area contributed by atoms with Gasteiger partial charge in [0.25, 0.3) is 15.9 Å². The summed E-state index contributed by atoms with van der Waals surface area (Å²) in [6, 6.07) is 19.7. The molecule has 1 atom stereocenters. The van der Waals surface area contributed by atoms with Crippen LogP contribution in [0.4, 0.5) is 5.69 Å². The maximum absolute atomic E-state index is 13.6. The largest absolute Gasteiger partial charge is 0.493 e. The van der Waals surface area contributed by atoms with Crippen LogP contribution in [0.15, 0.2) is 78.0 Å². The number of benzene rings is 2. The van der Waals surface area contributed by atoms with Crippen LogP contribution in [-0.4, -0.2) is 112 Å². The van der Waals surface area contributed by atoms with Gasteiger partial charge in [0.2, 0.25) is 10.0 Å². The minimum atomic E-state index is -4.06. The molecule has 2 aromatic heterocycles. The molecule has 4 aromatic rings. The Kier molecular flexibility index (Phi) is 15.6. The Morgan fingerprint density at radius 3 is 2.46 bits per heavy atom. The van der Waals surface area contributed by atoms with E-state index in [4.69, 9.17) is 9.07 Å². The number of hydrogen-bond acceptors (Lipinski definition) is 12. The van der Waals surface area contributed by atoms with Gasteiger partial charge in [-0.25, -0.2) is 18.3 Å². The first-order valence-electron chi connectivity index (χ1n) is 16.2. The van der Waals surface area contributed by atoms with Gasteiger partial charge in [0.15, 0.2) is 5.03 Å². The maximum Gasteiger partial charge on any atom is 0.279 e. The number of thioether (sulfide) groups is 1. The third-order valence-electron chi connectivity index (χ3n) is 7.94. The molecule has 18 heteroatoms. The zero-order chi connectivity index (χ0) is 36.3. The van der Waals surface area contributed by atoms with E-state index in [-0.39, 0.29) is 35.0 Å².